The SMILES string of the molecule is CCOc1cc([C@@H]2C3=C(C[C@@H](c4ccccc4)CC3=O)Nc3onc(C)c32)ccc1OC. The maximum Gasteiger partial charge on any atom is 0.233 e. The van der Waals surface area contributed by atoms with Crippen LogP contribution in [0.15, 0.2) is 64.3 Å². The van der Waals surface area contributed by atoms with Crippen molar-refractivity contribution < 1.29 is 18.8 Å². The van der Waals surface area contributed by atoms with E-state index in [1.807, 2.05) is 50.2 Å². The summed E-state index contributed by atoms with van der Waals surface area (Å²) in [5.74, 6) is 1.96. The Labute approximate surface area is 187 Å². The van der Waals surface area contributed by atoms with Gasteiger partial charge in [0.15, 0.2) is 17.3 Å². The van der Waals surface area contributed by atoms with E-state index in [1.54, 1.807) is 7.11 Å². The number of hydrogen-bond acceptors (Lipinski definition) is 6. The van der Waals surface area contributed by atoms with Crippen molar-refractivity contribution in [1.82, 2.24) is 5.16 Å². The number of Topliss-reactive ketones (excluding diaryl/α,β-unsaturated/α-hetero) is 1. The maximum atomic E-state index is 13.6. The van der Waals surface area contributed by atoms with Gasteiger partial charge in [0.25, 0.3) is 0 Å². The highest BCUT2D eigenvalue weighted by Crippen LogP contribution is 2.49. The molecule has 2 atom stereocenters. The van der Waals surface area contributed by atoms with Crippen LogP contribution in [0.25, 0.3) is 0 Å². The molecule has 32 heavy (non-hydrogen) atoms. The van der Waals surface area contributed by atoms with E-state index < -0.39 is 0 Å². The number of nitrogens with one attached hydrogen (secondary N) is 1. The van der Waals surface area contributed by atoms with Crippen molar-refractivity contribution in [3.05, 3.63) is 82.2 Å². The Hall–Kier alpha value is -3.54. The van der Waals surface area contributed by atoms with Gasteiger partial charge in [0, 0.05) is 23.6 Å². The van der Waals surface area contributed by atoms with Crippen LogP contribution in [0.3, 0.4) is 0 Å². The fourth-order valence-electron chi connectivity index (χ4n) is 4.91. The molecule has 6 heteroatoms. The maximum absolute atomic E-state index is 13.6. The number of nitrogens with zero attached hydrogens (tertiary/aromatic N) is 1. The van der Waals surface area contributed by atoms with Crippen molar-refractivity contribution in [2.45, 2.75) is 38.5 Å². The topological polar surface area (TPSA) is 73.6 Å². The number of ether oxygens (including phenoxy) is 2. The first-order valence-corrected chi connectivity index (χ1v) is 11.0. The van der Waals surface area contributed by atoms with E-state index in [1.165, 1.54) is 5.56 Å². The zero-order chi connectivity index (χ0) is 22.2. The standard InChI is InChI=1S/C26H26N2O4/c1-4-31-22-14-17(10-11-21(22)30-3)24-23-15(2)28-32-26(23)27-19-12-18(13-20(29)25(19)24)16-8-6-5-7-9-16/h5-11,14,18,24,27H,4,12-13H2,1-3H3/t18-,24+/m1/s1. The molecule has 0 fully saturated rings. The van der Waals surface area contributed by atoms with Crippen LogP contribution in [0.1, 0.15) is 54.0 Å². The predicted octanol–water partition coefficient (Wildman–Crippen LogP) is 5.35. The molecule has 0 unspecified atom stereocenters. The number of aromatic nitrogens is 1. The van der Waals surface area contributed by atoms with Crippen molar-refractivity contribution >= 4 is 11.7 Å². The number of hydrogen-bond donors (Lipinski definition) is 1. The molecule has 1 aromatic heterocycles. The second-order valence-electron chi connectivity index (χ2n) is 8.24. The lowest BCUT2D eigenvalue weighted by Crippen LogP contribution is -2.29. The Balaban J connectivity index is 1.63. The largest absolute Gasteiger partial charge is 0.493 e. The van der Waals surface area contributed by atoms with Crippen molar-refractivity contribution in [2.24, 2.45) is 0 Å². The molecule has 6 nitrogen and oxygen atoms in total. The summed E-state index contributed by atoms with van der Waals surface area (Å²) in [4.78, 5) is 13.6. The lowest BCUT2D eigenvalue weighted by Gasteiger charge is -2.34. The summed E-state index contributed by atoms with van der Waals surface area (Å²) in [6, 6.07) is 16.1. The molecule has 2 aromatic carbocycles. The number of aryl methyl sites for hydroxylation is 1. The molecule has 3 aromatic rings. The average Bonchev–Trinajstić information content (AvgIpc) is 3.18. The van der Waals surface area contributed by atoms with Gasteiger partial charge in [0.2, 0.25) is 5.88 Å². The van der Waals surface area contributed by atoms with Crippen LogP contribution in [-0.2, 0) is 4.79 Å². The van der Waals surface area contributed by atoms with E-state index in [4.69, 9.17) is 14.0 Å². The van der Waals surface area contributed by atoms with E-state index in [0.717, 1.165) is 34.5 Å². The summed E-state index contributed by atoms with van der Waals surface area (Å²) in [6.07, 6.45) is 1.23. The lowest BCUT2D eigenvalue weighted by atomic mass is 9.72. The Bertz CT molecular complexity index is 1200. The van der Waals surface area contributed by atoms with Crippen LogP contribution in [0.4, 0.5) is 5.88 Å². The second-order valence-corrected chi connectivity index (χ2v) is 8.24. The number of fused-ring (bicyclic) bond motifs is 1. The fourth-order valence-corrected chi connectivity index (χ4v) is 4.91. The molecule has 0 saturated heterocycles. The molecule has 0 amide bonds. The van der Waals surface area contributed by atoms with Crippen LogP contribution in [-0.4, -0.2) is 24.7 Å². The Morgan fingerprint density at radius 3 is 2.66 bits per heavy atom. The summed E-state index contributed by atoms with van der Waals surface area (Å²) in [7, 11) is 1.62. The molecule has 5 rings (SSSR count). The van der Waals surface area contributed by atoms with Crippen LogP contribution < -0.4 is 14.8 Å². The smallest absolute Gasteiger partial charge is 0.233 e. The first-order valence-electron chi connectivity index (χ1n) is 11.0. The quantitative estimate of drug-likeness (QED) is 0.588. The second kappa shape index (κ2) is 8.19. The molecule has 2 aliphatic rings. The van der Waals surface area contributed by atoms with Gasteiger partial charge in [-0.05, 0) is 49.4 Å². The third-order valence-corrected chi connectivity index (χ3v) is 6.35. The van der Waals surface area contributed by atoms with Gasteiger partial charge in [-0.1, -0.05) is 41.6 Å². The van der Waals surface area contributed by atoms with Gasteiger partial charge in [-0.3, -0.25) is 4.79 Å². The molecule has 0 saturated carbocycles. The number of rotatable bonds is 5. The highest BCUT2D eigenvalue weighted by atomic mass is 16.5. The van der Waals surface area contributed by atoms with Crippen molar-refractivity contribution in [3.8, 4) is 11.5 Å². The summed E-state index contributed by atoms with van der Waals surface area (Å²) in [6.45, 7) is 4.37. The summed E-state index contributed by atoms with van der Waals surface area (Å²) < 4.78 is 16.9. The van der Waals surface area contributed by atoms with Crippen LogP contribution in [0.2, 0.25) is 0 Å². The number of carbonyl (C=O) groups excluding carboxylic acids is 1. The molecule has 1 aliphatic heterocycles. The zero-order valence-corrected chi connectivity index (χ0v) is 18.5. The van der Waals surface area contributed by atoms with E-state index in [0.29, 0.717) is 30.4 Å². The van der Waals surface area contributed by atoms with Gasteiger partial charge in [0.1, 0.15) is 0 Å². The van der Waals surface area contributed by atoms with E-state index >= 15 is 0 Å². The van der Waals surface area contributed by atoms with Gasteiger partial charge in [-0.25, -0.2) is 0 Å². The molecule has 1 aliphatic carbocycles. The van der Waals surface area contributed by atoms with Crippen LogP contribution in [0.5, 0.6) is 11.5 Å². The molecule has 0 bridgehead atoms. The van der Waals surface area contributed by atoms with Crippen molar-refractivity contribution in [1.29, 1.82) is 0 Å². The number of methoxy groups -OCH3 is 1. The first kappa shape index (κ1) is 20.4. The number of ketones is 1. The lowest BCUT2D eigenvalue weighted by molar-refractivity contribution is -0.116. The number of allylic oxidation sites excluding steroid dienone is 2. The van der Waals surface area contributed by atoms with Gasteiger partial charge in [0.05, 0.1) is 25.0 Å². The zero-order valence-electron chi connectivity index (χ0n) is 18.5. The van der Waals surface area contributed by atoms with Crippen LogP contribution >= 0.6 is 0 Å². The number of anilines is 1. The normalized spacial score (nSPS) is 19.8. The minimum atomic E-state index is -0.262. The van der Waals surface area contributed by atoms with Crippen LogP contribution in [0, 0.1) is 6.92 Å². The van der Waals surface area contributed by atoms with Gasteiger partial charge in [-0.15, -0.1) is 0 Å². The molecule has 1 N–H and O–H groups in total. The van der Waals surface area contributed by atoms with Gasteiger partial charge < -0.3 is 19.3 Å². The van der Waals surface area contributed by atoms with E-state index in [9.17, 15) is 4.79 Å². The Morgan fingerprint density at radius 1 is 1.09 bits per heavy atom. The Kier molecular flexibility index (Phi) is 5.21. The molecular weight excluding hydrogens is 404 g/mol. The summed E-state index contributed by atoms with van der Waals surface area (Å²) in [5, 5.41) is 7.58. The third kappa shape index (κ3) is 3.36. The summed E-state index contributed by atoms with van der Waals surface area (Å²) in [5.41, 5.74) is 5.52. The molecule has 0 radical (unpaired) electrons. The summed E-state index contributed by atoms with van der Waals surface area (Å²) >= 11 is 0. The van der Waals surface area contributed by atoms with E-state index in [2.05, 4.69) is 22.6 Å². The highest BCUT2D eigenvalue weighted by molar-refractivity contribution is 6.01. The Morgan fingerprint density at radius 2 is 1.91 bits per heavy atom. The minimum Gasteiger partial charge on any atom is -0.493 e. The minimum absolute atomic E-state index is 0.135. The monoisotopic (exact) mass is 430 g/mol. The number of carbonyl (C=O) groups is 1. The molecule has 2 heterocycles. The molecule has 0 spiro atoms. The average molecular weight is 431 g/mol. The van der Waals surface area contributed by atoms with Crippen molar-refractivity contribution in [2.75, 3.05) is 19.0 Å². The predicted molar refractivity (Wildman–Crippen MR) is 121 cm³/mol. The van der Waals surface area contributed by atoms with E-state index in [-0.39, 0.29) is 17.6 Å². The third-order valence-electron chi connectivity index (χ3n) is 6.35. The number of benzene rings is 2. The van der Waals surface area contributed by atoms with Crippen molar-refractivity contribution in [3.63, 3.8) is 0 Å². The van der Waals surface area contributed by atoms with Gasteiger partial charge >= 0.3 is 0 Å². The van der Waals surface area contributed by atoms with Gasteiger partial charge in [-0.2, -0.15) is 0 Å². The molecule has 164 valence electrons. The first-order chi connectivity index (χ1) is 15.6. The molecular formula is C26H26N2O4. The fraction of sp³-hybridized carbons (Fsp3) is 0.308. The highest BCUT2D eigenvalue weighted by Gasteiger charge is 2.41.